The summed E-state index contributed by atoms with van der Waals surface area (Å²) in [6.07, 6.45) is 5.99. The van der Waals surface area contributed by atoms with Crippen LogP contribution in [0.2, 0.25) is 0 Å². The Morgan fingerprint density at radius 2 is 2.10 bits per heavy atom. The van der Waals surface area contributed by atoms with Gasteiger partial charge in [0.05, 0.1) is 25.1 Å². The van der Waals surface area contributed by atoms with E-state index in [-0.39, 0.29) is 12.2 Å². The number of nitrogens with zero attached hydrogens (tertiary/aromatic N) is 4. The first-order valence-corrected chi connectivity index (χ1v) is 6.57. The molecule has 2 heterocycles. The second-order valence-electron chi connectivity index (χ2n) is 3.91. The van der Waals surface area contributed by atoms with Crippen LogP contribution in [0.15, 0.2) is 35.7 Å². The van der Waals surface area contributed by atoms with E-state index in [1.54, 1.807) is 31.5 Å². The van der Waals surface area contributed by atoms with Gasteiger partial charge in [0.25, 0.3) is 0 Å². The monoisotopic (exact) mass is 288 g/mol. The number of hydrogen-bond acceptors (Lipinski definition) is 6. The standard InChI is InChI=1S/C14H16N4O3/c1-3-20-10-16-13-12(14(19)21-4-2)9-17-18(13)11-5-7-15-8-6-11/h5-10H,3-4H2,1-2H3/b16-10+. The highest BCUT2D eigenvalue weighted by Crippen LogP contribution is 2.23. The Balaban J connectivity index is 2.43. The first-order chi connectivity index (χ1) is 10.3. The van der Waals surface area contributed by atoms with E-state index >= 15 is 0 Å². The highest BCUT2D eigenvalue weighted by Gasteiger charge is 2.19. The fourth-order valence-electron chi connectivity index (χ4n) is 1.65. The van der Waals surface area contributed by atoms with Gasteiger partial charge in [0, 0.05) is 12.4 Å². The lowest BCUT2D eigenvalue weighted by atomic mass is 10.3. The van der Waals surface area contributed by atoms with Gasteiger partial charge in [0.1, 0.15) is 5.56 Å². The number of esters is 1. The highest BCUT2D eigenvalue weighted by atomic mass is 16.5. The van der Waals surface area contributed by atoms with Crippen LogP contribution in [0.3, 0.4) is 0 Å². The zero-order chi connectivity index (χ0) is 15.1. The molecule has 0 N–H and O–H groups in total. The lowest BCUT2D eigenvalue weighted by Crippen LogP contribution is -2.04. The van der Waals surface area contributed by atoms with Crippen molar-refractivity contribution in [3.05, 3.63) is 36.3 Å². The molecule has 110 valence electrons. The SMILES string of the molecule is CCO/C=N/c1c(C(=O)OCC)cnn1-c1ccncc1. The van der Waals surface area contributed by atoms with E-state index in [0.717, 1.165) is 5.69 Å². The topological polar surface area (TPSA) is 78.6 Å². The molecule has 0 aliphatic rings. The molecule has 0 radical (unpaired) electrons. The zero-order valence-corrected chi connectivity index (χ0v) is 11.9. The predicted octanol–water partition coefficient (Wildman–Crippen LogP) is 2.14. The molecule has 2 rings (SSSR count). The number of aromatic nitrogens is 3. The quantitative estimate of drug-likeness (QED) is 0.462. The normalized spacial score (nSPS) is 10.8. The molecule has 0 saturated carbocycles. The summed E-state index contributed by atoms with van der Waals surface area (Å²) in [6.45, 7) is 4.36. The summed E-state index contributed by atoms with van der Waals surface area (Å²) in [5, 5.41) is 4.19. The Bertz CT molecular complexity index is 622. The Morgan fingerprint density at radius 3 is 2.76 bits per heavy atom. The molecule has 0 amide bonds. The second kappa shape index (κ2) is 7.18. The molecule has 0 aliphatic heterocycles. The molecule has 0 saturated heterocycles. The van der Waals surface area contributed by atoms with Crippen LogP contribution in [0, 0.1) is 0 Å². The Hall–Kier alpha value is -2.70. The van der Waals surface area contributed by atoms with Gasteiger partial charge in [-0.2, -0.15) is 5.10 Å². The number of pyridine rings is 1. The molecule has 7 nitrogen and oxygen atoms in total. The van der Waals surface area contributed by atoms with Crippen LogP contribution in [0.1, 0.15) is 24.2 Å². The highest BCUT2D eigenvalue weighted by molar-refractivity contribution is 5.94. The number of aliphatic imine (C=N–C) groups is 1. The summed E-state index contributed by atoms with van der Waals surface area (Å²) in [5.41, 5.74) is 1.02. The fraction of sp³-hybridized carbons (Fsp3) is 0.286. The lowest BCUT2D eigenvalue weighted by molar-refractivity contribution is 0.0527. The maximum atomic E-state index is 11.9. The van der Waals surface area contributed by atoms with Gasteiger partial charge in [0.2, 0.25) is 0 Å². The third-order valence-electron chi connectivity index (χ3n) is 2.56. The smallest absolute Gasteiger partial charge is 0.343 e. The molecule has 2 aromatic heterocycles. The first kappa shape index (κ1) is 14.7. The largest absolute Gasteiger partial charge is 0.483 e. The number of ether oxygens (including phenoxy) is 2. The van der Waals surface area contributed by atoms with Crippen molar-refractivity contribution >= 4 is 18.2 Å². The van der Waals surface area contributed by atoms with Crippen molar-refractivity contribution in [2.75, 3.05) is 13.2 Å². The van der Waals surface area contributed by atoms with E-state index in [1.165, 1.54) is 17.3 Å². The van der Waals surface area contributed by atoms with Crippen LogP contribution in [0.5, 0.6) is 0 Å². The van der Waals surface area contributed by atoms with Crippen molar-refractivity contribution in [2.24, 2.45) is 4.99 Å². The van der Waals surface area contributed by atoms with Crippen molar-refractivity contribution in [1.29, 1.82) is 0 Å². The summed E-state index contributed by atoms with van der Waals surface area (Å²) in [4.78, 5) is 20.1. The van der Waals surface area contributed by atoms with Crippen LogP contribution in [0.25, 0.3) is 5.69 Å². The van der Waals surface area contributed by atoms with Crippen LogP contribution in [-0.2, 0) is 9.47 Å². The number of hydrogen-bond donors (Lipinski definition) is 0. The van der Waals surface area contributed by atoms with E-state index in [0.29, 0.717) is 12.4 Å². The van der Waals surface area contributed by atoms with Gasteiger partial charge in [-0.1, -0.05) is 0 Å². The lowest BCUT2D eigenvalue weighted by Gasteiger charge is -2.05. The van der Waals surface area contributed by atoms with Gasteiger partial charge in [-0.25, -0.2) is 14.5 Å². The van der Waals surface area contributed by atoms with Crippen LogP contribution >= 0.6 is 0 Å². The van der Waals surface area contributed by atoms with Gasteiger partial charge in [-0.15, -0.1) is 0 Å². The maximum Gasteiger partial charge on any atom is 0.343 e. The van der Waals surface area contributed by atoms with Gasteiger partial charge in [-0.05, 0) is 26.0 Å². The minimum Gasteiger partial charge on any atom is -0.483 e. The van der Waals surface area contributed by atoms with E-state index in [9.17, 15) is 4.79 Å². The van der Waals surface area contributed by atoms with Gasteiger partial charge >= 0.3 is 5.97 Å². The van der Waals surface area contributed by atoms with Crippen molar-refractivity contribution in [2.45, 2.75) is 13.8 Å². The van der Waals surface area contributed by atoms with E-state index in [2.05, 4.69) is 15.1 Å². The summed E-state index contributed by atoms with van der Waals surface area (Å²) < 4.78 is 11.6. The van der Waals surface area contributed by atoms with E-state index in [1.807, 2.05) is 6.92 Å². The van der Waals surface area contributed by atoms with E-state index < -0.39 is 5.97 Å². The van der Waals surface area contributed by atoms with E-state index in [4.69, 9.17) is 9.47 Å². The van der Waals surface area contributed by atoms with Crippen LogP contribution < -0.4 is 0 Å². The van der Waals surface area contributed by atoms with Crippen molar-refractivity contribution in [3.8, 4) is 5.69 Å². The van der Waals surface area contributed by atoms with Gasteiger partial charge < -0.3 is 9.47 Å². The summed E-state index contributed by atoms with van der Waals surface area (Å²) in [5.74, 6) is -0.116. The second-order valence-corrected chi connectivity index (χ2v) is 3.91. The molecule has 0 atom stereocenters. The Kier molecular flexibility index (Phi) is 5.03. The molecule has 7 heteroatoms. The number of carbonyl (C=O) groups is 1. The third-order valence-corrected chi connectivity index (χ3v) is 2.56. The fourth-order valence-corrected chi connectivity index (χ4v) is 1.65. The van der Waals surface area contributed by atoms with Gasteiger partial charge in [-0.3, -0.25) is 4.98 Å². The molecule has 0 spiro atoms. The molecule has 0 fully saturated rings. The van der Waals surface area contributed by atoms with Crippen molar-refractivity contribution < 1.29 is 14.3 Å². The zero-order valence-electron chi connectivity index (χ0n) is 11.9. The molecular weight excluding hydrogens is 272 g/mol. The maximum absolute atomic E-state index is 11.9. The Morgan fingerprint density at radius 1 is 1.33 bits per heavy atom. The minimum atomic E-state index is -0.471. The molecular formula is C14H16N4O3. The van der Waals surface area contributed by atoms with Crippen LogP contribution in [0.4, 0.5) is 5.82 Å². The van der Waals surface area contributed by atoms with Crippen LogP contribution in [-0.4, -0.2) is 40.3 Å². The summed E-state index contributed by atoms with van der Waals surface area (Å²) in [6, 6.07) is 3.53. The first-order valence-electron chi connectivity index (χ1n) is 6.57. The van der Waals surface area contributed by atoms with Crippen molar-refractivity contribution in [1.82, 2.24) is 14.8 Å². The average molecular weight is 288 g/mol. The number of rotatable bonds is 6. The molecule has 0 aliphatic carbocycles. The van der Waals surface area contributed by atoms with Gasteiger partial charge in [0.15, 0.2) is 12.2 Å². The molecule has 2 aromatic rings. The molecule has 0 aromatic carbocycles. The number of carbonyl (C=O) groups excluding carboxylic acids is 1. The summed E-state index contributed by atoms with van der Waals surface area (Å²) >= 11 is 0. The summed E-state index contributed by atoms with van der Waals surface area (Å²) in [7, 11) is 0. The third kappa shape index (κ3) is 3.44. The Labute approximate surface area is 122 Å². The van der Waals surface area contributed by atoms with Crippen molar-refractivity contribution in [3.63, 3.8) is 0 Å². The molecule has 21 heavy (non-hydrogen) atoms. The minimum absolute atomic E-state index is 0.282. The average Bonchev–Trinajstić information content (AvgIpc) is 2.93. The predicted molar refractivity (Wildman–Crippen MR) is 77.1 cm³/mol. The molecule has 0 bridgehead atoms. The molecule has 0 unspecified atom stereocenters.